The zero-order valence-electron chi connectivity index (χ0n) is 15.6. The average Bonchev–Trinajstić information content (AvgIpc) is 3.11. The quantitative estimate of drug-likeness (QED) is 0.754. The number of sulfonamides is 1. The summed E-state index contributed by atoms with van der Waals surface area (Å²) in [4.78, 5) is 12.9. The first-order valence-corrected chi connectivity index (χ1v) is 10.5. The summed E-state index contributed by atoms with van der Waals surface area (Å²) in [6.45, 7) is 3.56. The van der Waals surface area contributed by atoms with Crippen molar-refractivity contribution < 1.29 is 17.9 Å². The molecule has 3 rings (SSSR count). The summed E-state index contributed by atoms with van der Waals surface area (Å²) in [5.41, 5.74) is 6.49. The molecule has 27 heavy (non-hydrogen) atoms. The molecule has 9 heteroatoms. The molecule has 0 aromatic heterocycles. The third-order valence-corrected chi connectivity index (χ3v) is 7.41. The Morgan fingerprint density at radius 3 is 2.48 bits per heavy atom. The fourth-order valence-electron chi connectivity index (χ4n) is 3.69. The summed E-state index contributed by atoms with van der Waals surface area (Å²) in [5, 5.41) is 3.04. The van der Waals surface area contributed by atoms with Crippen LogP contribution in [-0.2, 0) is 14.8 Å². The second-order valence-corrected chi connectivity index (χ2v) is 9.05. The normalized spacial score (nSPS) is 20.1. The van der Waals surface area contributed by atoms with E-state index in [2.05, 4.69) is 5.32 Å². The molecule has 0 unspecified atom stereocenters. The van der Waals surface area contributed by atoms with Crippen molar-refractivity contribution >= 4 is 28.3 Å². The van der Waals surface area contributed by atoms with Gasteiger partial charge in [0, 0.05) is 25.2 Å². The molecule has 7 nitrogen and oxygen atoms in total. The highest BCUT2D eigenvalue weighted by atomic mass is 35.5. The second-order valence-electron chi connectivity index (χ2n) is 7.14. The molecule has 1 heterocycles. The monoisotopic (exact) mass is 417 g/mol. The summed E-state index contributed by atoms with van der Waals surface area (Å²) in [5.74, 6) is -0.268. The van der Waals surface area contributed by atoms with Gasteiger partial charge in [0.25, 0.3) is 5.91 Å². The fraction of sp³-hybridized carbons (Fsp3) is 0.611. The van der Waals surface area contributed by atoms with E-state index in [4.69, 9.17) is 10.5 Å². The summed E-state index contributed by atoms with van der Waals surface area (Å²) in [6, 6.07) is 4.84. The molecular weight excluding hydrogens is 390 g/mol. The van der Waals surface area contributed by atoms with E-state index in [-0.39, 0.29) is 28.7 Å². The lowest BCUT2D eigenvalue weighted by molar-refractivity contribution is 0.0730. The first kappa shape index (κ1) is 22.1. The number of morpholine rings is 1. The number of rotatable bonds is 5. The number of carbonyl (C=O) groups excluding carboxylic acids is 1. The van der Waals surface area contributed by atoms with E-state index in [0.29, 0.717) is 44.0 Å². The third-order valence-electron chi connectivity index (χ3n) is 5.37. The molecule has 1 saturated carbocycles. The summed E-state index contributed by atoms with van der Waals surface area (Å²) < 4.78 is 32.6. The number of hydrogen-bond donors (Lipinski definition) is 2. The largest absolute Gasteiger partial charge is 0.379 e. The second kappa shape index (κ2) is 8.87. The van der Waals surface area contributed by atoms with Gasteiger partial charge in [-0.2, -0.15) is 4.31 Å². The van der Waals surface area contributed by atoms with E-state index >= 15 is 0 Å². The van der Waals surface area contributed by atoms with Gasteiger partial charge in [0.05, 0.1) is 23.6 Å². The molecule has 0 bridgehead atoms. The maximum Gasteiger partial charge on any atom is 0.251 e. The van der Waals surface area contributed by atoms with Crippen molar-refractivity contribution in [3.8, 4) is 0 Å². The Balaban J connectivity index is 0.00000261. The topological polar surface area (TPSA) is 102 Å². The number of amides is 1. The SMILES string of the molecule is Cc1ccc(C(=O)NC2(CN)CCCC2)cc1S(=O)(=O)N1CCOCC1.Cl. The van der Waals surface area contributed by atoms with E-state index in [0.717, 1.165) is 25.7 Å². The minimum absolute atomic E-state index is 0. The molecule has 1 aliphatic heterocycles. The van der Waals surface area contributed by atoms with Gasteiger partial charge in [0.15, 0.2) is 0 Å². The van der Waals surface area contributed by atoms with E-state index in [1.807, 2.05) is 0 Å². The Kier molecular flexibility index (Phi) is 7.27. The zero-order chi connectivity index (χ0) is 18.8. The van der Waals surface area contributed by atoms with Crippen LogP contribution >= 0.6 is 12.4 Å². The van der Waals surface area contributed by atoms with Crippen LogP contribution in [0.25, 0.3) is 0 Å². The molecule has 0 spiro atoms. The molecule has 0 atom stereocenters. The first-order chi connectivity index (χ1) is 12.4. The van der Waals surface area contributed by atoms with Gasteiger partial charge in [-0.15, -0.1) is 12.4 Å². The van der Waals surface area contributed by atoms with Crippen LogP contribution in [0.2, 0.25) is 0 Å². The van der Waals surface area contributed by atoms with Gasteiger partial charge < -0.3 is 15.8 Å². The average molecular weight is 418 g/mol. The lowest BCUT2D eigenvalue weighted by Crippen LogP contribution is -2.51. The number of nitrogens with zero attached hydrogens (tertiary/aromatic N) is 1. The molecule has 2 fully saturated rings. The van der Waals surface area contributed by atoms with Crippen molar-refractivity contribution in [2.24, 2.45) is 5.73 Å². The van der Waals surface area contributed by atoms with Crippen molar-refractivity contribution in [3.63, 3.8) is 0 Å². The van der Waals surface area contributed by atoms with E-state index in [9.17, 15) is 13.2 Å². The van der Waals surface area contributed by atoms with Gasteiger partial charge >= 0.3 is 0 Å². The smallest absolute Gasteiger partial charge is 0.251 e. The molecular formula is C18H28ClN3O4S. The highest BCUT2D eigenvalue weighted by molar-refractivity contribution is 7.89. The Labute approximate surface area is 167 Å². The maximum absolute atomic E-state index is 13.0. The molecule has 152 valence electrons. The van der Waals surface area contributed by atoms with Crippen LogP contribution in [0.15, 0.2) is 23.1 Å². The highest BCUT2D eigenvalue weighted by Gasteiger charge is 2.34. The number of benzene rings is 1. The minimum atomic E-state index is -3.65. The molecule has 1 amide bonds. The number of hydrogen-bond acceptors (Lipinski definition) is 5. The fourth-order valence-corrected chi connectivity index (χ4v) is 5.35. The van der Waals surface area contributed by atoms with Crippen LogP contribution in [0, 0.1) is 6.92 Å². The molecule has 2 aliphatic rings. The Morgan fingerprint density at radius 2 is 1.89 bits per heavy atom. The first-order valence-electron chi connectivity index (χ1n) is 9.09. The van der Waals surface area contributed by atoms with Crippen LogP contribution in [0.5, 0.6) is 0 Å². The molecule has 1 aliphatic carbocycles. The standard InChI is InChI=1S/C18H27N3O4S.ClH/c1-14-4-5-15(17(22)20-18(13-19)6-2-3-7-18)12-16(14)26(23,24)21-8-10-25-11-9-21;/h4-5,12H,2-3,6-11,13,19H2,1H3,(H,20,22);1H. The van der Waals surface area contributed by atoms with Crippen molar-refractivity contribution in [2.75, 3.05) is 32.8 Å². The number of halogens is 1. The van der Waals surface area contributed by atoms with Gasteiger partial charge in [-0.25, -0.2) is 8.42 Å². The number of aryl methyl sites for hydroxylation is 1. The van der Waals surface area contributed by atoms with E-state index in [1.54, 1.807) is 19.1 Å². The predicted molar refractivity (Wildman–Crippen MR) is 106 cm³/mol. The van der Waals surface area contributed by atoms with Gasteiger partial charge in [-0.3, -0.25) is 4.79 Å². The number of ether oxygens (including phenoxy) is 1. The zero-order valence-corrected chi connectivity index (χ0v) is 17.2. The van der Waals surface area contributed by atoms with Gasteiger partial charge in [0.2, 0.25) is 10.0 Å². The molecule has 1 aromatic carbocycles. The number of nitrogens with two attached hydrogens (primary N) is 1. The third kappa shape index (κ3) is 4.63. The van der Waals surface area contributed by atoms with Crippen molar-refractivity contribution in [1.29, 1.82) is 0 Å². The van der Waals surface area contributed by atoms with Gasteiger partial charge in [-0.1, -0.05) is 18.9 Å². The minimum Gasteiger partial charge on any atom is -0.379 e. The van der Waals surface area contributed by atoms with E-state index < -0.39 is 10.0 Å². The molecule has 0 radical (unpaired) electrons. The van der Waals surface area contributed by atoms with Crippen LogP contribution in [0.4, 0.5) is 0 Å². The van der Waals surface area contributed by atoms with Crippen LogP contribution < -0.4 is 11.1 Å². The highest BCUT2D eigenvalue weighted by Crippen LogP contribution is 2.29. The summed E-state index contributed by atoms with van der Waals surface area (Å²) in [7, 11) is -3.65. The van der Waals surface area contributed by atoms with Gasteiger partial charge in [-0.05, 0) is 37.5 Å². The van der Waals surface area contributed by atoms with Crippen molar-refractivity contribution in [1.82, 2.24) is 9.62 Å². The summed E-state index contributed by atoms with van der Waals surface area (Å²) >= 11 is 0. The Hall–Kier alpha value is -1.19. The van der Waals surface area contributed by atoms with Crippen molar-refractivity contribution in [3.05, 3.63) is 29.3 Å². The van der Waals surface area contributed by atoms with Crippen LogP contribution in [0.1, 0.15) is 41.6 Å². The number of nitrogens with one attached hydrogen (secondary N) is 1. The Morgan fingerprint density at radius 1 is 1.26 bits per heavy atom. The predicted octanol–water partition coefficient (Wildman–Crippen LogP) is 1.44. The maximum atomic E-state index is 13.0. The van der Waals surface area contributed by atoms with E-state index in [1.165, 1.54) is 10.4 Å². The van der Waals surface area contributed by atoms with Gasteiger partial charge in [0.1, 0.15) is 0 Å². The molecule has 1 aromatic rings. The van der Waals surface area contributed by atoms with Crippen molar-refractivity contribution in [2.45, 2.75) is 43.0 Å². The lowest BCUT2D eigenvalue weighted by Gasteiger charge is -2.29. The molecule has 1 saturated heterocycles. The summed E-state index contributed by atoms with van der Waals surface area (Å²) in [6.07, 6.45) is 3.81. The molecule has 3 N–H and O–H groups in total. The van der Waals surface area contributed by atoms with Crippen LogP contribution in [-0.4, -0.2) is 57.0 Å². The lowest BCUT2D eigenvalue weighted by atomic mass is 9.97. The van der Waals surface area contributed by atoms with Crippen LogP contribution in [0.3, 0.4) is 0 Å². The number of carbonyl (C=O) groups is 1. The Bertz CT molecular complexity index is 773.